The molecule has 0 heterocycles. The van der Waals surface area contributed by atoms with Crippen LogP contribution in [0.2, 0.25) is 5.02 Å². The van der Waals surface area contributed by atoms with E-state index in [2.05, 4.69) is 0 Å². The topological polar surface area (TPSA) is 49.7 Å². The quantitative estimate of drug-likeness (QED) is 0.757. The van der Waals surface area contributed by atoms with Crippen LogP contribution < -0.4 is 4.74 Å². The Kier molecular flexibility index (Phi) is 3.75. The highest BCUT2D eigenvalue weighted by atomic mass is 35.5. The lowest BCUT2D eigenvalue weighted by molar-refractivity contribution is -0.105. The molecule has 0 fully saturated rings. The molecular weight excluding hydrogens is 204 g/mol. The van der Waals surface area contributed by atoms with E-state index in [9.17, 15) is 0 Å². The second kappa shape index (κ2) is 4.64. The van der Waals surface area contributed by atoms with Crippen LogP contribution in [0.25, 0.3) is 0 Å². The molecule has 0 saturated heterocycles. The highest BCUT2D eigenvalue weighted by Gasteiger charge is 2.13. The molecule has 0 bridgehead atoms. The van der Waals surface area contributed by atoms with Gasteiger partial charge in [-0.25, -0.2) is 0 Å². The summed E-state index contributed by atoms with van der Waals surface area (Å²) in [7, 11) is 0. The number of halogens is 1. The normalized spacial score (nSPS) is 13.0. The smallest absolute Gasteiger partial charge is 0.189 e. The first-order chi connectivity index (χ1) is 6.50. The molecule has 78 valence electrons. The van der Waals surface area contributed by atoms with Crippen molar-refractivity contribution in [1.82, 2.24) is 0 Å². The summed E-state index contributed by atoms with van der Waals surface area (Å²) in [6.45, 7) is 3.44. The van der Waals surface area contributed by atoms with Gasteiger partial charge in [-0.1, -0.05) is 17.7 Å². The van der Waals surface area contributed by atoms with Gasteiger partial charge in [-0.3, -0.25) is 0 Å². The van der Waals surface area contributed by atoms with Crippen LogP contribution in [0.3, 0.4) is 0 Å². The van der Waals surface area contributed by atoms with E-state index in [0.717, 1.165) is 5.56 Å². The molecule has 14 heavy (non-hydrogen) atoms. The number of aliphatic hydroxyl groups excluding tert-OH is 1. The van der Waals surface area contributed by atoms with Crippen molar-refractivity contribution in [3.63, 3.8) is 0 Å². The fourth-order valence-corrected chi connectivity index (χ4v) is 1.12. The van der Waals surface area contributed by atoms with E-state index in [1.54, 1.807) is 19.1 Å². The minimum atomic E-state index is -1.49. The standard InChI is InChI=1S/C10H13ClO3/c1-6-3-4-8(11)5-9(6)14-7(2)10(12)13/h3-5,7,10,12-13H,1-2H3/t7-/m0/s1. The zero-order valence-electron chi connectivity index (χ0n) is 8.07. The van der Waals surface area contributed by atoms with Gasteiger partial charge in [0, 0.05) is 5.02 Å². The summed E-state index contributed by atoms with van der Waals surface area (Å²) >= 11 is 5.77. The number of hydrogen-bond donors (Lipinski definition) is 2. The van der Waals surface area contributed by atoms with Gasteiger partial charge in [0.15, 0.2) is 6.29 Å². The third-order valence-electron chi connectivity index (χ3n) is 1.88. The van der Waals surface area contributed by atoms with Crippen molar-refractivity contribution >= 4 is 11.6 Å². The monoisotopic (exact) mass is 216 g/mol. The van der Waals surface area contributed by atoms with Gasteiger partial charge in [-0.2, -0.15) is 0 Å². The van der Waals surface area contributed by atoms with Crippen LogP contribution in [0.4, 0.5) is 0 Å². The van der Waals surface area contributed by atoms with E-state index in [0.29, 0.717) is 10.8 Å². The summed E-state index contributed by atoms with van der Waals surface area (Å²) in [4.78, 5) is 0. The predicted molar refractivity (Wildman–Crippen MR) is 54.5 cm³/mol. The second-order valence-corrected chi connectivity index (χ2v) is 3.58. The highest BCUT2D eigenvalue weighted by molar-refractivity contribution is 6.30. The lowest BCUT2D eigenvalue weighted by atomic mass is 10.2. The van der Waals surface area contributed by atoms with Gasteiger partial charge in [0.05, 0.1) is 0 Å². The molecule has 0 unspecified atom stereocenters. The Balaban J connectivity index is 2.80. The molecule has 0 aliphatic heterocycles. The first kappa shape index (κ1) is 11.3. The third kappa shape index (κ3) is 2.87. The van der Waals surface area contributed by atoms with Crippen molar-refractivity contribution in [2.45, 2.75) is 26.2 Å². The first-order valence-electron chi connectivity index (χ1n) is 4.29. The molecule has 0 amide bonds. The van der Waals surface area contributed by atoms with E-state index in [1.165, 1.54) is 0 Å². The van der Waals surface area contributed by atoms with Crippen LogP contribution in [-0.4, -0.2) is 22.6 Å². The molecule has 3 nitrogen and oxygen atoms in total. The van der Waals surface area contributed by atoms with E-state index in [1.807, 2.05) is 13.0 Å². The summed E-state index contributed by atoms with van der Waals surface area (Å²) in [5.74, 6) is 0.568. The summed E-state index contributed by atoms with van der Waals surface area (Å²) in [5.41, 5.74) is 0.905. The zero-order valence-corrected chi connectivity index (χ0v) is 8.82. The van der Waals surface area contributed by atoms with Crippen LogP contribution in [0, 0.1) is 6.92 Å². The van der Waals surface area contributed by atoms with Gasteiger partial charge in [0.1, 0.15) is 11.9 Å². The fourth-order valence-electron chi connectivity index (χ4n) is 0.962. The first-order valence-corrected chi connectivity index (χ1v) is 4.67. The van der Waals surface area contributed by atoms with Crippen molar-refractivity contribution in [3.8, 4) is 5.75 Å². The summed E-state index contributed by atoms with van der Waals surface area (Å²) in [6, 6.07) is 5.22. The van der Waals surface area contributed by atoms with Crippen molar-refractivity contribution in [3.05, 3.63) is 28.8 Å². The highest BCUT2D eigenvalue weighted by Crippen LogP contribution is 2.23. The van der Waals surface area contributed by atoms with Gasteiger partial charge in [-0.15, -0.1) is 0 Å². The molecule has 1 aromatic carbocycles. The van der Waals surface area contributed by atoms with E-state index >= 15 is 0 Å². The Hall–Kier alpha value is -0.770. The van der Waals surface area contributed by atoms with Gasteiger partial charge in [0.25, 0.3) is 0 Å². The molecule has 0 aliphatic carbocycles. The van der Waals surface area contributed by atoms with E-state index in [-0.39, 0.29) is 0 Å². The van der Waals surface area contributed by atoms with Crippen molar-refractivity contribution in [1.29, 1.82) is 0 Å². The number of benzene rings is 1. The van der Waals surface area contributed by atoms with E-state index in [4.69, 9.17) is 26.6 Å². The summed E-state index contributed by atoms with van der Waals surface area (Å²) in [5, 5.41) is 18.2. The van der Waals surface area contributed by atoms with Crippen molar-refractivity contribution < 1.29 is 14.9 Å². The van der Waals surface area contributed by atoms with Crippen molar-refractivity contribution in [2.75, 3.05) is 0 Å². The van der Waals surface area contributed by atoms with Gasteiger partial charge in [-0.05, 0) is 31.5 Å². The SMILES string of the molecule is Cc1ccc(Cl)cc1O[C@@H](C)C(O)O. The van der Waals surface area contributed by atoms with Crippen molar-refractivity contribution in [2.24, 2.45) is 0 Å². The second-order valence-electron chi connectivity index (χ2n) is 3.15. The lowest BCUT2D eigenvalue weighted by Crippen LogP contribution is -2.28. The molecular formula is C10H13ClO3. The largest absolute Gasteiger partial charge is 0.485 e. The van der Waals surface area contributed by atoms with Gasteiger partial charge < -0.3 is 14.9 Å². The molecule has 0 spiro atoms. The Morgan fingerprint density at radius 3 is 2.57 bits per heavy atom. The summed E-state index contributed by atoms with van der Waals surface area (Å²) in [6.07, 6.45) is -2.17. The summed E-state index contributed by atoms with van der Waals surface area (Å²) < 4.78 is 5.30. The average Bonchev–Trinajstić information content (AvgIpc) is 2.11. The molecule has 0 aromatic heterocycles. The van der Waals surface area contributed by atoms with Crippen LogP contribution in [0.5, 0.6) is 5.75 Å². The minimum Gasteiger partial charge on any atom is -0.485 e. The van der Waals surface area contributed by atoms with Crippen LogP contribution in [0.1, 0.15) is 12.5 Å². The van der Waals surface area contributed by atoms with Gasteiger partial charge >= 0.3 is 0 Å². The van der Waals surface area contributed by atoms with Crippen LogP contribution in [-0.2, 0) is 0 Å². The molecule has 2 N–H and O–H groups in total. The molecule has 1 atom stereocenters. The molecule has 1 aromatic rings. The fraction of sp³-hybridized carbons (Fsp3) is 0.400. The van der Waals surface area contributed by atoms with Gasteiger partial charge in [0.2, 0.25) is 0 Å². The van der Waals surface area contributed by atoms with Crippen LogP contribution >= 0.6 is 11.6 Å². The molecule has 0 saturated carbocycles. The number of aryl methyl sites for hydroxylation is 1. The minimum absolute atomic E-state index is 0.560. The Morgan fingerprint density at radius 1 is 1.36 bits per heavy atom. The average molecular weight is 217 g/mol. The lowest BCUT2D eigenvalue weighted by Gasteiger charge is -2.17. The van der Waals surface area contributed by atoms with Crippen LogP contribution in [0.15, 0.2) is 18.2 Å². The number of ether oxygens (including phenoxy) is 1. The molecule has 0 radical (unpaired) electrons. The number of rotatable bonds is 3. The predicted octanol–water partition coefficient (Wildman–Crippen LogP) is 1.73. The third-order valence-corrected chi connectivity index (χ3v) is 2.12. The van der Waals surface area contributed by atoms with E-state index < -0.39 is 12.4 Å². The number of hydrogen-bond acceptors (Lipinski definition) is 3. The Labute approximate surface area is 87.9 Å². The number of aliphatic hydroxyl groups is 2. The maximum absolute atomic E-state index is 8.84. The maximum atomic E-state index is 8.84. The molecule has 1 rings (SSSR count). The Morgan fingerprint density at radius 2 is 2.00 bits per heavy atom. The zero-order chi connectivity index (χ0) is 10.7. The maximum Gasteiger partial charge on any atom is 0.189 e. The Bertz CT molecular complexity index is 312. The molecule has 0 aliphatic rings. The molecule has 4 heteroatoms.